The largest absolute Gasteiger partial charge is 0.489 e. The van der Waals surface area contributed by atoms with Crippen molar-refractivity contribution in [2.75, 3.05) is 36.4 Å². The number of hydrogen-bond donors (Lipinski definition) is 1. The fourth-order valence-corrected chi connectivity index (χ4v) is 2.26. The van der Waals surface area contributed by atoms with Gasteiger partial charge in [0.15, 0.2) is 0 Å². The molecule has 0 aliphatic heterocycles. The molecule has 23 heavy (non-hydrogen) atoms. The number of nitrogens with zero attached hydrogens (tertiary/aromatic N) is 1. The molecule has 0 bridgehead atoms. The SMILES string of the molecule is CC(=O)O[C@@H](COc1ccc(N(CCCl)CCCl)cc1)C(=O)O. The highest BCUT2D eigenvalue weighted by molar-refractivity contribution is 6.18. The molecule has 0 amide bonds. The van der Waals surface area contributed by atoms with Crippen molar-refractivity contribution < 1.29 is 24.2 Å². The Morgan fingerprint density at radius 3 is 2.17 bits per heavy atom. The van der Waals surface area contributed by atoms with Crippen LogP contribution in [0, 0.1) is 0 Å². The van der Waals surface area contributed by atoms with Crippen molar-refractivity contribution in [1.29, 1.82) is 0 Å². The van der Waals surface area contributed by atoms with Crippen molar-refractivity contribution in [2.45, 2.75) is 13.0 Å². The van der Waals surface area contributed by atoms with E-state index in [0.29, 0.717) is 30.6 Å². The van der Waals surface area contributed by atoms with Gasteiger partial charge in [-0.25, -0.2) is 4.79 Å². The van der Waals surface area contributed by atoms with E-state index in [4.69, 9.17) is 33.0 Å². The lowest BCUT2D eigenvalue weighted by atomic mass is 10.2. The summed E-state index contributed by atoms with van der Waals surface area (Å²) in [4.78, 5) is 23.8. The summed E-state index contributed by atoms with van der Waals surface area (Å²) in [5.41, 5.74) is 0.938. The summed E-state index contributed by atoms with van der Waals surface area (Å²) >= 11 is 11.5. The van der Waals surface area contributed by atoms with Gasteiger partial charge in [0, 0.05) is 37.5 Å². The quantitative estimate of drug-likeness (QED) is 0.508. The Balaban J connectivity index is 2.65. The number of carboxylic acids is 1. The number of esters is 1. The van der Waals surface area contributed by atoms with Gasteiger partial charge in [0.05, 0.1) is 0 Å². The summed E-state index contributed by atoms with van der Waals surface area (Å²) in [5.74, 6) is -0.486. The number of aliphatic carboxylic acids is 1. The van der Waals surface area contributed by atoms with E-state index in [-0.39, 0.29) is 6.61 Å². The molecular formula is C15H19Cl2NO5. The molecular weight excluding hydrogens is 345 g/mol. The summed E-state index contributed by atoms with van der Waals surface area (Å²) in [5, 5.41) is 8.95. The first-order chi connectivity index (χ1) is 11.0. The predicted molar refractivity (Wildman–Crippen MR) is 88.8 cm³/mol. The second-order valence-electron chi connectivity index (χ2n) is 4.61. The molecule has 0 fully saturated rings. The fourth-order valence-electron chi connectivity index (χ4n) is 1.86. The summed E-state index contributed by atoms with van der Waals surface area (Å²) in [7, 11) is 0. The lowest BCUT2D eigenvalue weighted by Crippen LogP contribution is -2.32. The normalized spacial score (nSPS) is 11.6. The molecule has 0 aromatic heterocycles. The zero-order chi connectivity index (χ0) is 17.2. The first kappa shape index (κ1) is 19.4. The molecule has 1 aromatic carbocycles. The molecule has 8 heteroatoms. The number of anilines is 1. The number of halogens is 2. The van der Waals surface area contributed by atoms with Crippen LogP contribution in [0.25, 0.3) is 0 Å². The van der Waals surface area contributed by atoms with E-state index in [0.717, 1.165) is 12.6 Å². The summed E-state index contributed by atoms with van der Waals surface area (Å²) < 4.78 is 10.0. The lowest BCUT2D eigenvalue weighted by molar-refractivity contribution is -0.164. The average Bonchev–Trinajstić information content (AvgIpc) is 2.51. The van der Waals surface area contributed by atoms with E-state index in [2.05, 4.69) is 4.74 Å². The van der Waals surface area contributed by atoms with Crippen molar-refractivity contribution in [2.24, 2.45) is 0 Å². The maximum absolute atomic E-state index is 11.0. The Morgan fingerprint density at radius 1 is 1.17 bits per heavy atom. The monoisotopic (exact) mass is 363 g/mol. The minimum Gasteiger partial charge on any atom is -0.489 e. The van der Waals surface area contributed by atoms with Crippen molar-refractivity contribution in [3.8, 4) is 5.75 Å². The number of carbonyl (C=O) groups excluding carboxylic acids is 1. The second kappa shape index (κ2) is 10.2. The van der Waals surface area contributed by atoms with Gasteiger partial charge in [-0.15, -0.1) is 23.2 Å². The smallest absolute Gasteiger partial charge is 0.348 e. The third-order valence-corrected chi connectivity index (χ3v) is 3.23. The van der Waals surface area contributed by atoms with Gasteiger partial charge in [-0.2, -0.15) is 0 Å². The second-order valence-corrected chi connectivity index (χ2v) is 5.36. The molecule has 0 saturated heterocycles. The van der Waals surface area contributed by atoms with Crippen molar-refractivity contribution in [3.05, 3.63) is 24.3 Å². The van der Waals surface area contributed by atoms with Crippen LogP contribution in [0.4, 0.5) is 5.69 Å². The van der Waals surface area contributed by atoms with Gasteiger partial charge < -0.3 is 19.5 Å². The van der Waals surface area contributed by atoms with E-state index >= 15 is 0 Å². The van der Waals surface area contributed by atoms with Crippen LogP contribution < -0.4 is 9.64 Å². The third-order valence-electron chi connectivity index (χ3n) is 2.90. The fraction of sp³-hybridized carbons (Fsp3) is 0.467. The molecule has 0 aliphatic carbocycles. The number of carbonyl (C=O) groups is 2. The summed E-state index contributed by atoms with van der Waals surface area (Å²) in [6.07, 6.45) is -1.34. The molecule has 6 nitrogen and oxygen atoms in total. The Bertz CT molecular complexity index is 503. The van der Waals surface area contributed by atoms with Crippen LogP contribution in [0.5, 0.6) is 5.75 Å². The van der Waals surface area contributed by atoms with Gasteiger partial charge >= 0.3 is 11.9 Å². The number of rotatable bonds is 10. The minimum atomic E-state index is -1.34. The highest BCUT2D eigenvalue weighted by atomic mass is 35.5. The minimum absolute atomic E-state index is 0.263. The van der Waals surface area contributed by atoms with Crippen LogP contribution in [-0.4, -0.2) is 54.6 Å². The van der Waals surface area contributed by atoms with Crippen LogP contribution >= 0.6 is 23.2 Å². The molecule has 0 aliphatic rings. The molecule has 0 unspecified atom stereocenters. The van der Waals surface area contributed by atoms with Crippen LogP contribution in [0.1, 0.15) is 6.92 Å². The third kappa shape index (κ3) is 6.97. The maximum Gasteiger partial charge on any atom is 0.348 e. The predicted octanol–water partition coefficient (Wildman–Crippen LogP) is 2.37. The summed E-state index contributed by atoms with van der Waals surface area (Å²) in [6.45, 7) is 2.22. The van der Waals surface area contributed by atoms with E-state index in [1.807, 2.05) is 17.0 Å². The molecule has 0 spiro atoms. The summed E-state index contributed by atoms with van der Waals surface area (Å²) in [6, 6.07) is 7.07. The van der Waals surface area contributed by atoms with Crippen molar-refractivity contribution >= 4 is 40.8 Å². The van der Waals surface area contributed by atoms with Gasteiger partial charge in [0.2, 0.25) is 6.10 Å². The van der Waals surface area contributed by atoms with E-state index in [1.165, 1.54) is 0 Å². The van der Waals surface area contributed by atoms with Crippen molar-refractivity contribution in [1.82, 2.24) is 0 Å². The first-order valence-corrected chi connectivity index (χ1v) is 8.04. The molecule has 1 atom stereocenters. The van der Waals surface area contributed by atoms with E-state index in [9.17, 15) is 9.59 Å². The topological polar surface area (TPSA) is 76.1 Å². The van der Waals surface area contributed by atoms with Gasteiger partial charge in [-0.3, -0.25) is 4.79 Å². The lowest BCUT2D eigenvalue weighted by Gasteiger charge is -2.23. The zero-order valence-corrected chi connectivity index (χ0v) is 14.2. The number of alkyl halides is 2. The molecule has 1 rings (SSSR count). The highest BCUT2D eigenvalue weighted by Crippen LogP contribution is 2.20. The average molecular weight is 364 g/mol. The Labute approximate surface area is 144 Å². The van der Waals surface area contributed by atoms with Gasteiger partial charge in [0.1, 0.15) is 12.4 Å². The number of benzene rings is 1. The Morgan fingerprint density at radius 2 is 1.74 bits per heavy atom. The molecule has 1 N–H and O–H groups in total. The molecule has 1 aromatic rings. The van der Waals surface area contributed by atoms with Crippen LogP contribution in [-0.2, 0) is 14.3 Å². The molecule has 0 saturated carbocycles. The highest BCUT2D eigenvalue weighted by Gasteiger charge is 2.21. The van der Waals surface area contributed by atoms with Gasteiger partial charge in [-0.1, -0.05) is 0 Å². The van der Waals surface area contributed by atoms with E-state index < -0.39 is 18.0 Å². The van der Waals surface area contributed by atoms with Gasteiger partial charge in [-0.05, 0) is 24.3 Å². The Hall–Kier alpha value is -1.66. The first-order valence-electron chi connectivity index (χ1n) is 6.97. The Kier molecular flexibility index (Phi) is 8.58. The van der Waals surface area contributed by atoms with E-state index in [1.54, 1.807) is 12.1 Å². The number of ether oxygens (including phenoxy) is 2. The maximum atomic E-state index is 11.0. The zero-order valence-electron chi connectivity index (χ0n) is 12.7. The van der Waals surface area contributed by atoms with Crippen LogP contribution in [0.3, 0.4) is 0 Å². The van der Waals surface area contributed by atoms with Crippen LogP contribution in [0.2, 0.25) is 0 Å². The number of carboxylic acid groups (broad SMARTS) is 1. The molecule has 0 heterocycles. The van der Waals surface area contributed by atoms with Crippen LogP contribution in [0.15, 0.2) is 24.3 Å². The molecule has 0 radical (unpaired) electrons. The van der Waals surface area contributed by atoms with Crippen molar-refractivity contribution in [3.63, 3.8) is 0 Å². The van der Waals surface area contributed by atoms with Gasteiger partial charge in [0.25, 0.3) is 0 Å². The number of hydrogen-bond acceptors (Lipinski definition) is 5. The standard InChI is InChI=1S/C15H19Cl2NO5/c1-11(19)23-14(15(20)21)10-22-13-4-2-12(3-5-13)18(8-6-16)9-7-17/h2-5,14H,6-10H2,1H3,(H,20,21)/t14-/m0/s1. The molecule has 128 valence electrons.